The minimum absolute atomic E-state index is 0.242. The molecule has 0 aliphatic carbocycles. The van der Waals surface area contributed by atoms with Crippen molar-refractivity contribution in [2.45, 2.75) is 57.8 Å². The number of rotatable bonds is 7. The molecule has 1 aromatic carbocycles. The molecule has 0 saturated carbocycles. The lowest BCUT2D eigenvalue weighted by molar-refractivity contribution is 0.222. The van der Waals surface area contributed by atoms with Crippen molar-refractivity contribution in [2.75, 3.05) is 6.61 Å². The largest absolute Gasteiger partial charge is 0.415 e. The summed E-state index contributed by atoms with van der Waals surface area (Å²) in [5.74, 6) is 0. The van der Waals surface area contributed by atoms with Gasteiger partial charge in [-0.2, -0.15) is 0 Å². The van der Waals surface area contributed by atoms with E-state index in [1.54, 1.807) is 0 Å². The van der Waals surface area contributed by atoms with E-state index in [1.165, 1.54) is 5.56 Å². The molecule has 0 N–H and O–H groups in total. The van der Waals surface area contributed by atoms with Gasteiger partial charge in [0.05, 0.1) is 19.0 Å². The molecule has 1 atom stereocenters. The molecule has 126 valence electrons. The van der Waals surface area contributed by atoms with Gasteiger partial charge in [0, 0.05) is 12.4 Å². The Hall–Kier alpha value is -1.39. The van der Waals surface area contributed by atoms with Crippen molar-refractivity contribution < 1.29 is 4.43 Å². The Kier molecular flexibility index (Phi) is 5.82. The van der Waals surface area contributed by atoms with Crippen molar-refractivity contribution in [3.05, 3.63) is 54.6 Å². The van der Waals surface area contributed by atoms with Gasteiger partial charge in [-0.05, 0) is 36.5 Å². The van der Waals surface area contributed by atoms with Gasteiger partial charge in [-0.3, -0.25) is 0 Å². The van der Waals surface area contributed by atoms with Crippen LogP contribution in [0.3, 0.4) is 0 Å². The Labute approximate surface area is 141 Å². The summed E-state index contributed by atoms with van der Waals surface area (Å²) >= 11 is 0. The maximum atomic E-state index is 6.46. The highest BCUT2D eigenvalue weighted by molar-refractivity contribution is 6.74. The van der Waals surface area contributed by atoms with Crippen LogP contribution in [-0.4, -0.2) is 24.5 Å². The number of imidazole rings is 1. The first kappa shape index (κ1) is 18.0. The lowest BCUT2D eigenvalue weighted by atomic mass is 10.1. The molecular weight excluding hydrogens is 300 g/mol. The second-order valence-electron chi connectivity index (χ2n) is 7.76. The molecule has 0 fully saturated rings. The Morgan fingerprint density at radius 3 is 2.43 bits per heavy atom. The van der Waals surface area contributed by atoms with Crippen LogP contribution >= 0.6 is 0 Å². The normalized spacial score (nSPS) is 14.0. The van der Waals surface area contributed by atoms with Gasteiger partial charge in [-0.1, -0.05) is 51.1 Å². The number of aromatic nitrogens is 2. The van der Waals surface area contributed by atoms with E-state index in [9.17, 15) is 0 Å². The van der Waals surface area contributed by atoms with Crippen LogP contribution in [0.15, 0.2) is 49.1 Å². The molecule has 0 amide bonds. The standard InChI is InChI=1S/C19H30N2OSi/c1-19(2,3)23(4,5)22-15-18(21-14-13-20-16-21)12-11-17-9-7-6-8-10-17/h6-10,13-14,16,18H,11-12,15H2,1-5H3/t18-/m0/s1. The van der Waals surface area contributed by atoms with E-state index >= 15 is 0 Å². The fraction of sp³-hybridized carbons (Fsp3) is 0.526. The van der Waals surface area contributed by atoms with Gasteiger partial charge in [0.2, 0.25) is 0 Å². The van der Waals surface area contributed by atoms with Crippen LogP contribution in [0.1, 0.15) is 38.8 Å². The smallest absolute Gasteiger partial charge is 0.192 e. The van der Waals surface area contributed by atoms with Gasteiger partial charge < -0.3 is 8.99 Å². The third-order valence-electron chi connectivity index (χ3n) is 5.00. The molecule has 2 rings (SSSR count). The summed E-state index contributed by atoms with van der Waals surface area (Å²) in [6.45, 7) is 12.3. The summed E-state index contributed by atoms with van der Waals surface area (Å²) in [5.41, 5.74) is 1.38. The number of hydrogen-bond donors (Lipinski definition) is 0. The van der Waals surface area contributed by atoms with Crippen molar-refractivity contribution in [2.24, 2.45) is 0 Å². The van der Waals surface area contributed by atoms with E-state index in [0.29, 0.717) is 6.04 Å². The molecule has 2 aromatic rings. The minimum atomic E-state index is -1.72. The quantitative estimate of drug-likeness (QED) is 0.662. The molecular formula is C19H30N2OSi. The zero-order valence-corrected chi connectivity index (χ0v) is 16.1. The third kappa shape index (κ3) is 5.04. The predicted octanol–water partition coefficient (Wildman–Crippen LogP) is 5.08. The first-order valence-corrected chi connectivity index (χ1v) is 11.4. The van der Waals surface area contributed by atoms with Crippen LogP contribution < -0.4 is 0 Å². The van der Waals surface area contributed by atoms with E-state index < -0.39 is 8.32 Å². The number of benzene rings is 1. The van der Waals surface area contributed by atoms with Crippen LogP contribution in [0.2, 0.25) is 18.1 Å². The minimum Gasteiger partial charge on any atom is -0.415 e. The number of aryl methyl sites for hydroxylation is 1. The van der Waals surface area contributed by atoms with Crippen molar-refractivity contribution in [1.29, 1.82) is 0 Å². The van der Waals surface area contributed by atoms with Gasteiger partial charge in [0.1, 0.15) is 0 Å². The average molecular weight is 331 g/mol. The van der Waals surface area contributed by atoms with Crippen molar-refractivity contribution in [3.8, 4) is 0 Å². The third-order valence-corrected chi connectivity index (χ3v) is 9.50. The Morgan fingerprint density at radius 2 is 1.87 bits per heavy atom. The highest BCUT2D eigenvalue weighted by atomic mass is 28.4. The molecule has 0 aliphatic heterocycles. The summed E-state index contributed by atoms with van der Waals surface area (Å²) in [5, 5.41) is 0.242. The zero-order valence-electron chi connectivity index (χ0n) is 15.1. The molecule has 0 bridgehead atoms. The molecule has 0 unspecified atom stereocenters. The van der Waals surface area contributed by atoms with Crippen LogP contribution in [0.4, 0.5) is 0 Å². The molecule has 3 nitrogen and oxygen atoms in total. The summed E-state index contributed by atoms with van der Waals surface area (Å²) in [4.78, 5) is 4.21. The summed E-state index contributed by atoms with van der Waals surface area (Å²) in [6.07, 6.45) is 7.93. The maximum Gasteiger partial charge on any atom is 0.192 e. The van der Waals surface area contributed by atoms with E-state index in [-0.39, 0.29) is 5.04 Å². The zero-order chi connectivity index (χ0) is 16.9. The van der Waals surface area contributed by atoms with Gasteiger partial charge >= 0.3 is 0 Å². The average Bonchev–Trinajstić information content (AvgIpc) is 3.01. The highest BCUT2D eigenvalue weighted by Crippen LogP contribution is 2.37. The van der Waals surface area contributed by atoms with E-state index in [1.807, 2.05) is 18.7 Å². The predicted molar refractivity (Wildman–Crippen MR) is 99.2 cm³/mol. The van der Waals surface area contributed by atoms with E-state index in [2.05, 4.69) is 73.7 Å². The Bertz CT molecular complexity index is 573. The molecule has 1 heterocycles. The van der Waals surface area contributed by atoms with Gasteiger partial charge in [-0.15, -0.1) is 0 Å². The second kappa shape index (κ2) is 7.45. The van der Waals surface area contributed by atoms with Crippen molar-refractivity contribution in [3.63, 3.8) is 0 Å². The fourth-order valence-electron chi connectivity index (χ4n) is 2.30. The second-order valence-corrected chi connectivity index (χ2v) is 12.6. The van der Waals surface area contributed by atoms with Gasteiger partial charge in [0.25, 0.3) is 0 Å². The SMILES string of the molecule is CC(C)(C)[Si](C)(C)OC[C@H](CCc1ccccc1)n1ccnc1. The molecule has 0 radical (unpaired) electrons. The maximum absolute atomic E-state index is 6.46. The van der Waals surface area contributed by atoms with Crippen molar-refractivity contribution in [1.82, 2.24) is 9.55 Å². The number of hydrogen-bond acceptors (Lipinski definition) is 2. The first-order valence-electron chi connectivity index (χ1n) is 8.45. The lowest BCUT2D eigenvalue weighted by Crippen LogP contribution is -2.42. The molecule has 0 spiro atoms. The fourth-order valence-corrected chi connectivity index (χ4v) is 3.34. The lowest BCUT2D eigenvalue weighted by Gasteiger charge is -2.37. The highest BCUT2D eigenvalue weighted by Gasteiger charge is 2.37. The molecule has 1 aromatic heterocycles. The topological polar surface area (TPSA) is 27.1 Å². The van der Waals surface area contributed by atoms with Crippen LogP contribution in [0.5, 0.6) is 0 Å². The summed E-state index contributed by atoms with van der Waals surface area (Å²) in [7, 11) is -1.72. The first-order chi connectivity index (χ1) is 10.8. The van der Waals surface area contributed by atoms with Gasteiger partial charge in [-0.25, -0.2) is 4.98 Å². The summed E-state index contributed by atoms with van der Waals surface area (Å²) in [6, 6.07) is 11.0. The molecule has 0 saturated heterocycles. The van der Waals surface area contributed by atoms with Crippen LogP contribution in [0, 0.1) is 0 Å². The summed E-state index contributed by atoms with van der Waals surface area (Å²) < 4.78 is 8.65. The molecule has 4 heteroatoms. The van der Waals surface area contributed by atoms with Crippen molar-refractivity contribution >= 4 is 8.32 Å². The van der Waals surface area contributed by atoms with Crippen LogP contribution in [-0.2, 0) is 10.8 Å². The Morgan fingerprint density at radius 1 is 1.17 bits per heavy atom. The van der Waals surface area contributed by atoms with E-state index in [0.717, 1.165) is 19.4 Å². The monoisotopic (exact) mass is 330 g/mol. The van der Waals surface area contributed by atoms with Crippen LogP contribution in [0.25, 0.3) is 0 Å². The molecule has 0 aliphatic rings. The Balaban J connectivity index is 2.01. The number of nitrogens with zero attached hydrogens (tertiary/aromatic N) is 2. The van der Waals surface area contributed by atoms with E-state index in [4.69, 9.17) is 4.43 Å². The van der Waals surface area contributed by atoms with Gasteiger partial charge in [0.15, 0.2) is 8.32 Å². The molecule has 23 heavy (non-hydrogen) atoms.